The Hall–Kier alpha value is -1.21. The van der Waals surface area contributed by atoms with Gasteiger partial charge in [0.25, 0.3) is 0 Å². The minimum absolute atomic E-state index is 0.125. The molecule has 0 radical (unpaired) electrons. The summed E-state index contributed by atoms with van der Waals surface area (Å²) in [6.45, 7) is 5.16. The molecule has 0 atom stereocenters. The van der Waals surface area contributed by atoms with Gasteiger partial charge >= 0.3 is 6.18 Å². The molecule has 1 aliphatic rings. The van der Waals surface area contributed by atoms with Gasteiger partial charge in [-0.3, -0.25) is 0 Å². The van der Waals surface area contributed by atoms with Crippen LogP contribution in [0, 0.1) is 13.0 Å². The van der Waals surface area contributed by atoms with Gasteiger partial charge in [-0.2, -0.15) is 19.8 Å². The average molecular weight is 158 g/mol. The van der Waals surface area contributed by atoms with Crippen molar-refractivity contribution < 1.29 is 13.2 Å². The van der Waals surface area contributed by atoms with Crippen molar-refractivity contribution in [3.05, 3.63) is 42.4 Å². The highest BCUT2D eigenvalue weighted by Gasteiger charge is 2.32. The van der Waals surface area contributed by atoms with Crippen LogP contribution in [-0.2, 0) is 0 Å². The van der Waals surface area contributed by atoms with Gasteiger partial charge in [0.15, 0.2) is 0 Å². The lowest BCUT2D eigenvalue weighted by Gasteiger charge is -2.10. The Morgan fingerprint density at radius 2 is 2.00 bits per heavy atom. The molecule has 0 aromatic rings. The van der Waals surface area contributed by atoms with Crippen molar-refractivity contribution in [2.24, 2.45) is 0 Å². The summed E-state index contributed by atoms with van der Waals surface area (Å²) < 4.78 is 35.7. The van der Waals surface area contributed by atoms with E-state index in [1.807, 2.05) is 0 Å². The van der Waals surface area contributed by atoms with Crippen LogP contribution in [0.3, 0.4) is 0 Å². The number of allylic oxidation sites excluding steroid dienone is 5. The third kappa shape index (κ3) is 1.85. The summed E-state index contributed by atoms with van der Waals surface area (Å²) in [5, 5.41) is 0. The Bertz CT molecular complexity index is 230. The topological polar surface area (TPSA) is 0 Å². The first-order valence-electron chi connectivity index (χ1n) is 2.93. The SMILES string of the molecule is [CH+]=C1C=C(C(F)(F)F)C=C[CH-]1. The fourth-order valence-corrected chi connectivity index (χ4v) is 0.715. The van der Waals surface area contributed by atoms with Gasteiger partial charge in [-0.05, 0) is 18.6 Å². The van der Waals surface area contributed by atoms with Crippen molar-refractivity contribution in [1.82, 2.24) is 0 Å². The van der Waals surface area contributed by atoms with E-state index in [9.17, 15) is 13.2 Å². The summed E-state index contributed by atoms with van der Waals surface area (Å²) in [7, 11) is 0. The van der Waals surface area contributed by atoms with E-state index in [-0.39, 0.29) is 5.57 Å². The molecule has 1 aliphatic carbocycles. The first kappa shape index (κ1) is 7.89. The number of hydrogen-bond donors (Lipinski definition) is 0. The van der Waals surface area contributed by atoms with E-state index < -0.39 is 11.7 Å². The lowest BCUT2D eigenvalue weighted by molar-refractivity contribution is -0.0883. The first-order chi connectivity index (χ1) is 5.00. The molecule has 1 rings (SSSR count). The summed E-state index contributed by atoms with van der Waals surface area (Å²) in [5.41, 5.74) is -0.586. The quantitative estimate of drug-likeness (QED) is 0.475. The second-order valence-corrected chi connectivity index (χ2v) is 2.12. The normalized spacial score (nSPS) is 17.6. The van der Waals surface area contributed by atoms with Crippen molar-refractivity contribution in [3.8, 4) is 0 Å². The van der Waals surface area contributed by atoms with Crippen LogP contribution in [-0.4, -0.2) is 6.18 Å². The zero-order valence-corrected chi connectivity index (χ0v) is 5.52. The second-order valence-electron chi connectivity index (χ2n) is 2.12. The minimum Gasteiger partial charge on any atom is -0.166 e. The van der Waals surface area contributed by atoms with Crippen molar-refractivity contribution in [2.75, 3.05) is 0 Å². The highest BCUT2D eigenvalue weighted by molar-refractivity contribution is 5.43. The maximum atomic E-state index is 11.9. The van der Waals surface area contributed by atoms with Crippen LogP contribution in [0.25, 0.3) is 0 Å². The van der Waals surface area contributed by atoms with E-state index in [1.165, 1.54) is 12.5 Å². The number of alkyl halides is 3. The molecule has 0 aromatic heterocycles. The smallest absolute Gasteiger partial charge is 0.166 e. The Morgan fingerprint density at radius 1 is 1.36 bits per heavy atom. The molecule has 11 heavy (non-hydrogen) atoms. The molecular formula is C8H5F3. The molecule has 0 N–H and O–H groups in total. The highest BCUT2D eigenvalue weighted by atomic mass is 19.4. The zero-order valence-electron chi connectivity index (χ0n) is 5.52. The largest absolute Gasteiger partial charge is 0.416 e. The third-order valence-corrected chi connectivity index (χ3v) is 1.21. The second kappa shape index (κ2) is 2.44. The zero-order chi connectivity index (χ0) is 8.48. The van der Waals surface area contributed by atoms with Gasteiger partial charge in [-0.25, -0.2) is 0 Å². The van der Waals surface area contributed by atoms with E-state index >= 15 is 0 Å². The van der Waals surface area contributed by atoms with Crippen LogP contribution in [0.15, 0.2) is 29.4 Å². The molecule has 0 saturated heterocycles. The molecule has 0 aromatic carbocycles. The van der Waals surface area contributed by atoms with Crippen LogP contribution in [0.5, 0.6) is 0 Å². The standard InChI is InChI=1S/C8H5F3/c1-6-3-2-4-7(5-6)8(9,10)11/h1-5H. The summed E-state index contributed by atoms with van der Waals surface area (Å²) >= 11 is 0. The van der Waals surface area contributed by atoms with Crippen LogP contribution < -0.4 is 0 Å². The van der Waals surface area contributed by atoms with Gasteiger partial charge < -0.3 is 0 Å². The molecule has 0 fully saturated rings. The lowest BCUT2D eigenvalue weighted by atomic mass is 10.0. The molecule has 0 heterocycles. The first-order valence-corrected chi connectivity index (χ1v) is 2.93. The van der Waals surface area contributed by atoms with Gasteiger partial charge in [0.2, 0.25) is 0 Å². The van der Waals surface area contributed by atoms with Crippen LogP contribution in [0.2, 0.25) is 0 Å². The third-order valence-electron chi connectivity index (χ3n) is 1.21. The van der Waals surface area contributed by atoms with Gasteiger partial charge in [-0.15, -0.1) is 0 Å². The van der Waals surface area contributed by atoms with Gasteiger partial charge in [0, 0.05) is 5.57 Å². The molecule has 0 spiro atoms. The van der Waals surface area contributed by atoms with Crippen LogP contribution >= 0.6 is 0 Å². The summed E-state index contributed by atoms with van der Waals surface area (Å²) in [4.78, 5) is 0. The maximum Gasteiger partial charge on any atom is 0.416 e. The predicted octanol–water partition coefficient (Wildman–Crippen LogP) is 2.61. The molecule has 0 saturated carbocycles. The van der Waals surface area contributed by atoms with Crippen molar-refractivity contribution in [1.29, 1.82) is 0 Å². The molecule has 0 amide bonds. The fraction of sp³-hybridized carbons (Fsp3) is 0.125. The summed E-state index contributed by atoms with van der Waals surface area (Å²) in [5.74, 6) is 0. The Morgan fingerprint density at radius 3 is 2.36 bits per heavy atom. The molecule has 58 valence electrons. The molecule has 0 aliphatic heterocycles. The van der Waals surface area contributed by atoms with E-state index in [0.717, 1.165) is 12.2 Å². The fourth-order valence-electron chi connectivity index (χ4n) is 0.715. The van der Waals surface area contributed by atoms with Crippen molar-refractivity contribution in [2.45, 2.75) is 6.18 Å². The van der Waals surface area contributed by atoms with Crippen molar-refractivity contribution in [3.63, 3.8) is 0 Å². The number of rotatable bonds is 0. The maximum absolute atomic E-state index is 11.9. The van der Waals surface area contributed by atoms with Crippen molar-refractivity contribution >= 4 is 0 Å². The number of halogens is 3. The summed E-state index contributed by atoms with van der Waals surface area (Å²) in [6.07, 6.45) is 0.277. The van der Waals surface area contributed by atoms with Gasteiger partial charge in [-0.1, -0.05) is 6.08 Å². The number of hydrogen-bond acceptors (Lipinski definition) is 0. The van der Waals surface area contributed by atoms with Crippen LogP contribution in [0.4, 0.5) is 13.2 Å². The molecule has 0 unspecified atom stereocenters. The van der Waals surface area contributed by atoms with Gasteiger partial charge in [0.05, 0.1) is 5.57 Å². The van der Waals surface area contributed by atoms with E-state index in [2.05, 4.69) is 0 Å². The van der Waals surface area contributed by atoms with Gasteiger partial charge in [0.1, 0.15) is 0 Å². The van der Waals surface area contributed by atoms with E-state index in [0.29, 0.717) is 0 Å². The molecule has 0 bridgehead atoms. The Kier molecular flexibility index (Phi) is 1.75. The molecule has 0 nitrogen and oxygen atoms in total. The summed E-state index contributed by atoms with van der Waals surface area (Å²) in [6, 6.07) is 0. The average Bonchev–Trinajstić information content (AvgIpc) is 1.86. The van der Waals surface area contributed by atoms with Crippen LogP contribution in [0.1, 0.15) is 0 Å². The lowest BCUT2D eigenvalue weighted by Crippen LogP contribution is -2.11. The van der Waals surface area contributed by atoms with E-state index in [1.54, 1.807) is 0 Å². The predicted molar refractivity (Wildman–Crippen MR) is 35.4 cm³/mol. The van der Waals surface area contributed by atoms with E-state index in [4.69, 9.17) is 6.58 Å². The highest BCUT2D eigenvalue weighted by Crippen LogP contribution is 2.29. The molecular weight excluding hydrogens is 153 g/mol. The monoisotopic (exact) mass is 158 g/mol. The Labute approximate surface area is 62.7 Å². The molecule has 3 heteroatoms. The Balaban J connectivity index is 2.88. The minimum atomic E-state index is -4.30.